The number of hydrogen-bond acceptors (Lipinski definition) is 6. The van der Waals surface area contributed by atoms with Gasteiger partial charge in [-0.25, -0.2) is 18.7 Å². The molecule has 0 spiro atoms. The van der Waals surface area contributed by atoms with Crippen molar-refractivity contribution in [2.75, 3.05) is 29.9 Å². The summed E-state index contributed by atoms with van der Waals surface area (Å²) in [4.78, 5) is 12.1. The van der Waals surface area contributed by atoms with Gasteiger partial charge < -0.3 is 20.3 Å². The van der Waals surface area contributed by atoms with Gasteiger partial charge in [-0.15, -0.1) is 0 Å². The second kappa shape index (κ2) is 9.12. The summed E-state index contributed by atoms with van der Waals surface area (Å²) in [7, 11) is 0. The number of rotatable bonds is 6. The van der Waals surface area contributed by atoms with Crippen molar-refractivity contribution in [1.82, 2.24) is 15.3 Å². The minimum Gasteiger partial charge on any atom is -0.487 e. The Morgan fingerprint density at radius 3 is 2.77 bits per heavy atom. The molecule has 0 bridgehead atoms. The van der Waals surface area contributed by atoms with E-state index in [-0.39, 0.29) is 11.9 Å². The van der Waals surface area contributed by atoms with Gasteiger partial charge in [0.25, 0.3) is 0 Å². The minimum absolute atomic E-state index is 0.107. The van der Waals surface area contributed by atoms with Gasteiger partial charge in [-0.3, -0.25) is 0 Å². The average Bonchev–Trinajstić information content (AvgIpc) is 2.75. The molecular formula is C22H29F2N5O. The van der Waals surface area contributed by atoms with Crippen LogP contribution in [0.5, 0.6) is 5.75 Å². The van der Waals surface area contributed by atoms with E-state index in [2.05, 4.69) is 29.4 Å². The average molecular weight is 418 g/mol. The van der Waals surface area contributed by atoms with Crippen LogP contribution in [-0.4, -0.2) is 41.7 Å². The van der Waals surface area contributed by atoms with E-state index in [1.54, 1.807) is 0 Å². The second-order valence-corrected chi connectivity index (χ2v) is 8.05. The molecule has 0 radical (unpaired) electrons. The van der Waals surface area contributed by atoms with Gasteiger partial charge in [0.1, 0.15) is 11.9 Å². The number of hydrogen-bond donors (Lipinski definition) is 2. The highest BCUT2D eigenvalue weighted by Gasteiger charge is 2.27. The largest absolute Gasteiger partial charge is 0.487 e. The highest BCUT2D eigenvalue weighted by Crippen LogP contribution is 2.30. The molecule has 3 heterocycles. The van der Waals surface area contributed by atoms with Crippen molar-refractivity contribution in [2.24, 2.45) is 0 Å². The lowest BCUT2D eigenvalue weighted by Gasteiger charge is -2.34. The zero-order valence-electron chi connectivity index (χ0n) is 17.5. The first-order chi connectivity index (χ1) is 14.5. The lowest BCUT2D eigenvalue weighted by Crippen LogP contribution is -2.40. The lowest BCUT2D eigenvalue weighted by molar-refractivity contribution is 0.163. The van der Waals surface area contributed by atoms with Gasteiger partial charge in [0.15, 0.2) is 23.2 Å². The molecule has 1 aromatic carbocycles. The van der Waals surface area contributed by atoms with Crippen LogP contribution in [0.15, 0.2) is 18.2 Å². The Hall–Kier alpha value is -2.48. The zero-order chi connectivity index (χ0) is 21.1. The fraction of sp³-hybridized carbons (Fsp3) is 0.545. The van der Waals surface area contributed by atoms with E-state index in [0.29, 0.717) is 6.04 Å². The first-order valence-electron chi connectivity index (χ1n) is 10.8. The number of nitrogens with one attached hydrogen (secondary N) is 2. The topological polar surface area (TPSA) is 62.3 Å². The fourth-order valence-corrected chi connectivity index (χ4v) is 3.84. The maximum atomic E-state index is 13.9. The van der Waals surface area contributed by atoms with E-state index in [1.165, 1.54) is 12.1 Å². The van der Waals surface area contributed by atoms with Gasteiger partial charge in [-0.1, -0.05) is 6.92 Å². The molecule has 4 rings (SSSR count). The number of piperidine rings is 1. The molecule has 1 aromatic heterocycles. The summed E-state index contributed by atoms with van der Waals surface area (Å²) in [6, 6.07) is 3.73. The fourth-order valence-electron chi connectivity index (χ4n) is 3.84. The van der Waals surface area contributed by atoms with Gasteiger partial charge in [-0.05, 0) is 25.5 Å². The predicted octanol–water partition coefficient (Wildman–Crippen LogP) is 3.66. The first-order valence-corrected chi connectivity index (χ1v) is 10.8. The van der Waals surface area contributed by atoms with Gasteiger partial charge in [0.2, 0.25) is 0 Å². The third-order valence-electron chi connectivity index (χ3n) is 5.79. The molecule has 6 nitrogen and oxygen atoms in total. The third-order valence-corrected chi connectivity index (χ3v) is 5.79. The zero-order valence-corrected chi connectivity index (χ0v) is 17.5. The number of fused-ring (bicyclic) bond motifs is 1. The van der Waals surface area contributed by atoms with Crippen molar-refractivity contribution in [3.05, 3.63) is 41.2 Å². The number of halogens is 2. The molecule has 2 N–H and O–H groups in total. The number of ether oxygens (including phenoxy) is 1. The summed E-state index contributed by atoms with van der Waals surface area (Å²) < 4.78 is 32.8. The van der Waals surface area contributed by atoms with Gasteiger partial charge in [0.05, 0.1) is 11.4 Å². The van der Waals surface area contributed by atoms with E-state index in [4.69, 9.17) is 14.7 Å². The van der Waals surface area contributed by atoms with Crippen LogP contribution in [0.2, 0.25) is 0 Å². The Labute approximate surface area is 176 Å². The summed E-state index contributed by atoms with van der Waals surface area (Å²) in [5.41, 5.74) is 2.08. The molecule has 2 aromatic rings. The minimum atomic E-state index is -0.661. The highest BCUT2D eigenvalue weighted by atomic mass is 19.1. The molecular weight excluding hydrogens is 388 g/mol. The molecule has 1 fully saturated rings. The van der Waals surface area contributed by atoms with Crippen LogP contribution in [-0.2, 0) is 13.0 Å². The van der Waals surface area contributed by atoms with Crippen LogP contribution in [0, 0.1) is 11.6 Å². The maximum absolute atomic E-state index is 13.9. The Balaban J connectivity index is 1.48. The van der Waals surface area contributed by atoms with Crippen LogP contribution in [0.4, 0.5) is 20.4 Å². The van der Waals surface area contributed by atoms with Crippen molar-refractivity contribution >= 4 is 11.6 Å². The van der Waals surface area contributed by atoms with E-state index >= 15 is 0 Å². The van der Waals surface area contributed by atoms with Crippen LogP contribution in [0.25, 0.3) is 0 Å². The quantitative estimate of drug-likeness (QED) is 0.748. The van der Waals surface area contributed by atoms with Crippen molar-refractivity contribution in [3.63, 3.8) is 0 Å². The molecule has 30 heavy (non-hydrogen) atoms. The van der Waals surface area contributed by atoms with E-state index in [1.807, 2.05) is 0 Å². The summed E-state index contributed by atoms with van der Waals surface area (Å²) in [5.74, 6) is 0.567. The Morgan fingerprint density at radius 2 is 2.03 bits per heavy atom. The maximum Gasteiger partial charge on any atom is 0.172 e. The summed E-state index contributed by atoms with van der Waals surface area (Å²) in [5, 5.41) is 6.87. The number of aromatic nitrogens is 2. The normalized spacial score (nSPS) is 18.1. The van der Waals surface area contributed by atoms with Crippen LogP contribution in [0.1, 0.15) is 44.5 Å². The van der Waals surface area contributed by atoms with Crippen molar-refractivity contribution in [3.8, 4) is 5.75 Å². The molecule has 0 amide bonds. The molecule has 162 valence electrons. The SMILES string of the molecule is CC[C@@H](C)Nc1nc2c(nc1N1CCC(Oc3ccc(F)cc3F)CC1)CCNC2. The summed E-state index contributed by atoms with van der Waals surface area (Å²) in [6.07, 6.45) is 3.24. The summed E-state index contributed by atoms with van der Waals surface area (Å²) in [6.45, 7) is 7.43. The van der Waals surface area contributed by atoms with Gasteiger partial charge in [-0.2, -0.15) is 0 Å². The monoisotopic (exact) mass is 417 g/mol. The van der Waals surface area contributed by atoms with E-state index < -0.39 is 11.6 Å². The lowest BCUT2D eigenvalue weighted by atomic mass is 10.1. The van der Waals surface area contributed by atoms with Crippen molar-refractivity contribution < 1.29 is 13.5 Å². The molecule has 8 heteroatoms. The van der Waals surface area contributed by atoms with Gasteiger partial charge >= 0.3 is 0 Å². The second-order valence-electron chi connectivity index (χ2n) is 8.05. The van der Waals surface area contributed by atoms with E-state index in [9.17, 15) is 8.78 Å². The molecule has 2 aliphatic heterocycles. The predicted molar refractivity (Wildman–Crippen MR) is 113 cm³/mol. The summed E-state index contributed by atoms with van der Waals surface area (Å²) >= 11 is 0. The third kappa shape index (κ3) is 4.64. The molecule has 0 saturated carbocycles. The molecule has 0 unspecified atom stereocenters. The highest BCUT2D eigenvalue weighted by molar-refractivity contribution is 5.62. The van der Waals surface area contributed by atoms with Crippen LogP contribution in [0.3, 0.4) is 0 Å². The standard InChI is InChI=1S/C22H29F2N5O/c1-3-14(2)26-21-22(28-18-6-9-25-13-19(18)27-21)29-10-7-16(8-11-29)30-20-5-4-15(23)12-17(20)24/h4-5,12,14,16,25H,3,6-11,13H2,1-2H3,(H,26,27)/t14-/m1/s1. The van der Waals surface area contributed by atoms with Crippen molar-refractivity contribution in [2.45, 2.75) is 58.2 Å². The van der Waals surface area contributed by atoms with E-state index in [0.717, 1.165) is 81.0 Å². The molecule has 1 atom stereocenters. The molecule has 1 saturated heterocycles. The van der Waals surface area contributed by atoms with Gasteiger partial charge in [0, 0.05) is 57.5 Å². The molecule has 0 aliphatic carbocycles. The smallest absolute Gasteiger partial charge is 0.172 e. The number of anilines is 2. The number of benzene rings is 1. The number of nitrogens with zero attached hydrogens (tertiary/aromatic N) is 3. The Bertz CT molecular complexity index is 886. The Kier molecular flexibility index (Phi) is 6.32. The molecule has 2 aliphatic rings. The van der Waals surface area contributed by atoms with Crippen molar-refractivity contribution in [1.29, 1.82) is 0 Å². The van der Waals surface area contributed by atoms with Crippen LogP contribution >= 0.6 is 0 Å². The van der Waals surface area contributed by atoms with Crippen LogP contribution < -0.4 is 20.3 Å². The Morgan fingerprint density at radius 1 is 1.23 bits per heavy atom. The first kappa shape index (κ1) is 20.8.